The summed E-state index contributed by atoms with van der Waals surface area (Å²) in [6, 6.07) is 7.18. The Hall–Kier alpha value is -2.96. The third-order valence-electron chi connectivity index (χ3n) is 3.67. The highest BCUT2D eigenvalue weighted by Crippen LogP contribution is 2.19. The van der Waals surface area contributed by atoms with Gasteiger partial charge in [0.2, 0.25) is 5.89 Å². The highest BCUT2D eigenvalue weighted by atomic mass is 16.5. The number of rotatable bonds is 6. The SMILES string of the molecule is CC(C)Cc1nc(CN(C)C(=O)c2ccc(-c3cnco3)cc2)no1. The fraction of sp³-hybridized carbons (Fsp3) is 0.333. The van der Waals surface area contributed by atoms with Crippen molar-refractivity contribution in [3.63, 3.8) is 0 Å². The molecular weight excluding hydrogens is 320 g/mol. The number of benzene rings is 1. The number of aromatic nitrogens is 3. The van der Waals surface area contributed by atoms with Crippen LogP contribution in [0.2, 0.25) is 0 Å². The number of carbonyl (C=O) groups excluding carboxylic acids is 1. The molecule has 1 amide bonds. The monoisotopic (exact) mass is 340 g/mol. The largest absolute Gasteiger partial charge is 0.444 e. The standard InChI is InChI=1S/C18H20N4O3/c1-12(2)8-17-20-16(21-25-17)10-22(3)18(23)14-6-4-13(5-7-14)15-9-19-11-24-15/h4-7,9,11-12H,8,10H2,1-3H3. The molecular formula is C18H20N4O3. The molecule has 130 valence electrons. The Morgan fingerprint density at radius 2 is 2.00 bits per heavy atom. The fourth-order valence-corrected chi connectivity index (χ4v) is 2.43. The summed E-state index contributed by atoms with van der Waals surface area (Å²) < 4.78 is 10.4. The Balaban J connectivity index is 1.64. The topological polar surface area (TPSA) is 85.3 Å². The van der Waals surface area contributed by atoms with Gasteiger partial charge < -0.3 is 13.8 Å². The van der Waals surface area contributed by atoms with E-state index >= 15 is 0 Å². The van der Waals surface area contributed by atoms with Crippen LogP contribution in [-0.2, 0) is 13.0 Å². The second-order valence-corrected chi connectivity index (χ2v) is 6.31. The smallest absolute Gasteiger partial charge is 0.254 e. The summed E-state index contributed by atoms with van der Waals surface area (Å²) in [6.45, 7) is 4.47. The molecule has 2 heterocycles. The Morgan fingerprint density at radius 3 is 2.64 bits per heavy atom. The molecule has 3 aromatic rings. The number of amides is 1. The highest BCUT2D eigenvalue weighted by Gasteiger charge is 2.16. The van der Waals surface area contributed by atoms with Crippen LogP contribution in [0.15, 0.2) is 45.8 Å². The summed E-state index contributed by atoms with van der Waals surface area (Å²) in [6.07, 6.45) is 3.74. The van der Waals surface area contributed by atoms with E-state index in [1.165, 1.54) is 6.39 Å². The van der Waals surface area contributed by atoms with Crippen molar-refractivity contribution < 1.29 is 13.7 Å². The molecule has 0 saturated heterocycles. The van der Waals surface area contributed by atoms with E-state index in [9.17, 15) is 4.79 Å². The molecule has 1 aromatic carbocycles. The van der Waals surface area contributed by atoms with Gasteiger partial charge in [-0.15, -0.1) is 0 Å². The van der Waals surface area contributed by atoms with Gasteiger partial charge in [0, 0.05) is 24.6 Å². The minimum atomic E-state index is -0.112. The molecule has 2 aromatic heterocycles. The Kier molecular flexibility index (Phi) is 4.92. The lowest BCUT2D eigenvalue weighted by Crippen LogP contribution is -2.26. The second-order valence-electron chi connectivity index (χ2n) is 6.31. The Morgan fingerprint density at radius 1 is 1.24 bits per heavy atom. The molecule has 3 rings (SSSR count). The first-order valence-corrected chi connectivity index (χ1v) is 8.09. The first-order valence-electron chi connectivity index (χ1n) is 8.09. The van der Waals surface area contributed by atoms with E-state index in [1.54, 1.807) is 30.3 Å². The maximum atomic E-state index is 12.5. The molecule has 0 saturated carbocycles. The zero-order valence-electron chi connectivity index (χ0n) is 14.5. The Labute approximate surface area is 145 Å². The van der Waals surface area contributed by atoms with Gasteiger partial charge in [-0.05, 0) is 18.1 Å². The fourth-order valence-electron chi connectivity index (χ4n) is 2.43. The zero-order chi connectivity index (χ0) is 17.8. The average molecular weight is 340 g/mol. The van der Waals surface area contributed by atoms with Crippen molar-refractivity contribution in [3.8, 4) is 11.3 Å². The number of hydrogen-bond donors (Lipinski definition) is 0. The van der Waals surface area contributed by atoms with Gasteiger partial charge in [-0.2, -0.15) is 4.98 Å². The van der Waals surface area contributed by atoms with Gasteiger partial charge in [0.1, 0.15) is 0 Å². The van der Waals surface area contributed by atoms with Crippen molar-refractivity contribution in [2.75, 3.05) is 7.05 Å². The van der Waals surface area contributed by atoms with Crippen molar-refractivity contribution in [1.82, 2.24) is 20.0 Å². The van der Waals surface area contributed by atoms with Gasteiger partial charge >= 0.3 is 0 Å². The number of carbonyl (C=O) groups is 1. The lowest BCUT2D eigenvalue weighted by atomic mass is 10.1. The molecule has 25 heavy (non-hydrogen) atoms. The highest BCUT2D eigenvalue weighted by molar-refractivity contribution is 5.94. The predicted octanol–water partition coefficient (Wildman–Crippen LogP) is 3.20. The van der Waals surface area contributed by atoms with Gasteiger partial charge in [0.25, 0.3) is 5.91 Å². The molecule has 0 N–H and O–H groups in total. The predicted molar refractivity (Wildman–Crippen MR) is 90.6 cm³/mol. The molecule has 0 aliphatic rings. The molecule has 0 bridgehead atoms. The zero-order valence-corrected chi connectivity index (χ0v) is 14.5. The van der Waals surface area contributed by atoms with Gasteiger partial charge in [-0.25, -0.2) is 4.98 Å². The van der Waals surface area contributed by atoms with E-state index in [2.05, 4.69) is 29.0 Å². The molecule has 7 nitrogen and oxygen atoms in total. The van der Waals surface area contributed by atoms with E-state index in [0.29, 0.717) is 35.5 Å². The maximum absolute atomic E-state index is 12.5. The summed E-state index contributed by atoms with van der Waals surface area (Å²) in [5.41, 5.74) is 1.45. The van der Waals surface area contributed by atoms with Crippen molar-refractivity contribution in [2.24, 2.45) is 5.92 Å². The first-order chi connectivity index (χ1) is 12.0. The summed E-state index contributed by atoms with van der Waals surface area (Å²) in [4.78, 5) is 22.3. The molecule has 0 atom stereocenters. The van der Waals surface area contributed by atoms with Gasteiger partial charge in [0.05, 0.1) is 12.7 Å². The van der Waals surface area contributed by atoms with E-state index in [4.69, 9.17) is 8.94 Å². The van der Waals surface area contributed by atoms with Crippen molar-refractivity contribution >= 4 is 5.91 Å². The molecule has 0 fully saturated rings. The van der Waals surface area contributed by atoms with E-state index < -0.39 is 0 Å². The van der Waals surface area contributed by atoms with E-state index in [1.807, 2.05) is 12.1 Å². The third kappa shape index (κ3) is 4.12. The van der Waals surface area contributed by atoms with Crippen molar-refractivity contribution in [3.05, 3.63) is 54.1 Å². The van der Waals surface area contributed by atoms with Crippen LogP contribution >= 0.6 is 0 Å². The van der Waals surface area contributed by atoms with Crippen LogP contribution in [0.3, 0.4) is 0 Å². The van der Waals surface area contributed by atoms with Crippen LogP contribution in [0.4, 0.5) is 0 Å². The van der Waals surface area contributed by atoms with Crippen LogP contribution in [0.25, 0.3) is 11.3 Å². The number of nitrogens with zero attached hydrogens (tertiary/aromatic N) is 4. The summed E-state index contributed by atoms with van der Waals surface area (Å²) >= 11 is 0. The van der Waals surface area contributed by atoms with Gasteiger partial charge in [-0.1, -0.05) is 31.1 Å². The quantitative estimate of drug-likeness (QED) is 0.685. The molecule has 0 aliphatic carbocycles. The summed E-state index contributed by atoms with van der Waals surface area (Å²) in [5, 5.41) is 3.93. The van der Waals surface area contributed by atoms with Gasteiger partial charge in [-0.3, -0.25) is 4.79 Å². The number of hydrogen-bond acceptors (Lipinski definition) is 6. The van der Waals surface area contributed by atoms with E-state index in [-0.39, 0.29) is 5.91 Å². The molecule has 0 spiro atoms. The number of oxazole rings is 1. The third-order valence-corrected chi connectivity index (χ3v) is 3.67. The summed E-state index contributed by atoms with van der Waals surface area (Å²) in [7, 11) is 1.71. The van der Waals surface area contributed by atoms with Crippen LogP contribution < -0.4 is 0 Å². The van der Waals surface area contributed by atoms with Gasteiger partial charge in [0.15, 0.2) is 18.0 Å². The first kappa shape index (κ1) is 16.9. The molecule has 0 aliphatic heterocycles. The van der Waals surface area contributed by atoms with Crippen molar-refractivity contribution in [1.29, 1.82) is 0 Å². The molecule has 0 unspecified atom stereocenters. The minimum absolute atomic E-state index is 0.112. The maximum Gasteiger partial charge on any atom is 0.254 e. The lowest BCUT2D eigenvalue weighted by molar-refractivity contribution is 0.0780. The lowest BCUT2D eigenvalue weighted by Gasteiger charge is -2.15. The molecule has 0 radical (unpaired) electrons. The van der Waals surface area contributed by atoms with Crippen LogP contribution in [0.1, 0.15) is 35.9 Å². The van der Waals surface area contributed by atoms with E-state index in [0.717, 1.165) is 12.0 Å². The normalized spacial score (nSPS) is 11.0. The van der Waals surface area contributed by atoms with Crippen LogP contribution in [0, 0.1) is 5.92 Å². The molecule has 7 heteroatoms. The summed E-state index contributed by atoms with van der Waals surface area (Å²) in [5.74, 6) is 2.10. The Bertz CT molecular complexity index is 822. The average Bonchev–Trinajstić information content (AvgIpc) is 3.26. The second kappa shape index (κ2) is 7.29. The minimum Gasteiger partial charge on any atom is -0.444 e. The van der Waals surface area contributed by atoms with Crippen molar-refractivity contribution in [2.45, 2.75) is 26.8 Å². The van der Waals surface area contributed by atoms with Crippen LogP contribution in [0.5, 0.6) is 0 Å². The van der Waals surface area contributed by atoms with Crippen LogP contribution in [-0.4, -0.2) is 33.0 Å².